The third kappa shape index (κ3) is 5.57. The highest BCUT2D eigenvalue weighted by atomic mass is 35.5. The highest BCUT2D eigenvalue weighted by molar-refractivity contribution is 7.93. The Balaban J connectivity index is 1.36. The number of benzene rings is 1. The van der Waals surface area contributed by atoms with Crippen molar-refractivity contribution in [3.05, 3.63) is 47.6 Å². The minimum atomic E-state index is -3.43. The van der Waals surface area contributed by atoms with Gasteiger partial charge in [0.2, 0.25) is 21.9 Å². The fourth-order valence-electron chi connectivity index (χ4n) is 4.04. The molecule has 0 atom stereocenters. The van der Waals surface area contributed by atoms with Crippen LogP contribution in [0.5, 0.6) is 5.88 Å². The number of piperidine rings is 1. The van der Waals surface area contributed by atoms with Gasteiger partial charge in [-0.05, 0) is 56.4 Å². The van der Waals surface area contributed by atoms with Gasteiger partial charge in [-0.2, -0.15) is 9.97 Å². The second kappa shape index (κ2) is 10.4. The monoisotopic (exact) mass is 529 g/mol. The van der Waals surface area contributed by atoms with Crippen molar-refractivity contribution in [1.82, 2.24) is 15.0 Å². The molecule has 3 aromatic rings. The number of methoxy groups -OCH3 is 1. The van der Waals surface area contributed by atoms with Gasteiger partial charge < -0.3 is 20.3 Å². The quantitative estimate of drug-likeness (QED) is 0.354. The maximum atomic E-state index is 12.5. The van der Waals surface area contributed by atoms with Crippen molar-refractivity contribution < 1.29 is 13.2 Å². The van der Waals surface area contributed by atoms with Crippen molar-refractivity contribution in [1.29, 1.82) is 0 Å². The number of hydrogen-bond acceptors (Lipinski definition) is 9. The van der Waals surface area contributed by atoms with E-state index < -0.39 is 10.0 Å². The zero-order valence-corrected chi connectivity index (χ0v) is 21.4. The van der Waals surface area contributed by atoms with E-state index in [1.54, 1.807) is 31.4 Å². The summed E-state index contributed by atoms with van der Waals surface area (Å²) in [5.74, 6) is 1.92. The molecule has 0 bridgehead atoms. The number of anilines is 6. The first-order chi connectivity index (χ1) is 17.4. The first kappa shape index (κ1) is 24.4. The summed E-state index contributed by atoms with van der Waals surface area (Å²) in [4.78, 5) is 15.7. The molecular formula is C24H28ClN7O3S. The summed E-state index contributed by atoms with van der Waals surface area (Å²) in [7, 11) is -1.85. The Morgan fingerprint density at radius 2 is 1.72 bits per heavy atom. The van der Waals surface area contributed by atoms with Crippen LogP contribution in [-0.4, -0.2) is 48.8 Å². The number of ether oxygens (including phenoxy) is 1. The number of nitrogens with one attached hydrogen (secondary N) is 3. The molecule has 1 aliphatic heterocycles. The molecule has 2 aromatic heterocycles. The summed E-state index contributed by atoms with van der Waals surface area (Å²) in [5.41, 5.74) is 1.57. The molecule has 12 heteroatoms. The van der Waals surface area contributed by atoms with Crippen molar-refractivity contribution >= 4 is 56.3 Å². The van der Waals surface area contributed by atoms with Gasteiger partial charge in [0, 0.05) is 13.1 Å². The number of sulfonamides is 1. The van der Waals surface area contributed by atoms with Gasteiger partial charge in [0.05, 0.1) is 29.9 Å². The van der Waals surface area contributed by atoms with Crippen LogP contribution >= 0.6 is 11.6 Å². The average molecular weight is 530 g/mol. The van der Waals surface area contributed by atoms with Crippen LogP contribution in [0.2, 0.25) is 5.02 Å². The van der Waals surface area contributed by atoms with Gasteiger partial charge in [-0.15, -0.1) is 0 Å². The van der Waals surface area contributed by atoms with E-state index in [0.717, 1.165) is 31.7 Å². The van der Waals surface area contributed by atoms with E-state index in [2.05, 4.69) is 35.2 Å². The average Bonchev–Trinajstić information content (AvgIpc) is 3.74. The molecule has 36 heavy (non-hydrogen) atoms. The van der Waals surface area contributed by atoms with Crippen LogP contribution in [0.1, 0.15) is 32.1 Å². The van der Waals surface area contributed by atoms with Gasteiger partial charge in [0.15, 0.2) is 5.82 Å². The lowest BCUT2D eigenvalue weighted by Crippen LogP contribution is -2.30. The Morgan fingerprint density at radius 3 is 2.44 bits per heavy atom. The summed E-state index contributed by atoms with van der Waals surface area (Å²) in [6.07, 6.45) is 6.38. The van der Waals surface area contributed by atoms with Crippen LogP contribution in [0, 0.1) is 0 Å². The van der Waals surface area contributed by atoms with E-state index in [0.29, 0.717) is 41.6 Å². The number of aromatic nitrogens is 3. The van der Waals surface area contributed by atoms with Crippen LogP contribution in [0.3, 0.4) is 0 Å². The van der Waals surface area contributed by atoms with Crippen LogP contribution < -0.4 is 25.0 Å². The van der Waals surface area contributed by atoms with E-state index in [-0.39, 0.29) is 16.2 Å². The van der Waals surface area contributed by atoms with E-state index in [9.17, 15) is 8.42 Å². The van der Waals surface area contributed by atoms with Gasteiger partial charge >= 0.3 is 0 Å². The smallest absolute Gasteiger partial charge is 0.239 e. The Kier molecular flexibility index (Phi) is 7.01. The van der Waals surface area contributed by atoms with Crippen molar-refractivity contribution in [2.45, 2.75) is 37.4 Å². The topological polar surface area (TPSA) is 121 Å². The van der Waals surface area contributed by atoms with Crippen molar-refractivity contribution in [3.8, 4) is 5.88 Å². The van der Waals surface area contributed by atoms with Gasteiger partial charge in [-0.3, -0.25) is 4.72 Å². The molecule has 2 fully saturated rings. The van der Waals surface area contributed by atoms with Crippen molar-refractivity contribution in [2.75, 3.05) is 40.5 Å². The maximum Gasteiger partial charge on any atom is 0.239 e. The predicted molar refractivity (Wildman–Crippen MR) is 142 cm³/mol. The van der Waals surface area contributed by atoms with Gasteiger partial charge in [0.1, 0.15) is 16.5 Å². The zero-order chi connectivity index (χ0) is 25.1. The van der Waals surface area contributed by atoms with Gasteiger partial charge in [-0.1, -0.05) is 23.7 Å². The van der Waals surface area contributed by atoms with Crippen LogP contribution in [-0.2, 0) is 10.0 Å². The largest absolute Gasteiger partial charge is 0.479 e. The van der Waals surface area contributed by atoms with E-state index in [4.69, 9.17) is 16.3 Å². The summed E-state index contributed by atoms with van der Waals surface area (Å²) in [6.45, 7) is 1.97. The van der Waals surface area contributed by atoms with Crippen LogP contribution in [0.15, 0.2) is 42.6 Å². The molecule has 1 aromatic carbocycles. The molecule has 190 valence electrons. The third-order valence-corrected chi connectivity index (χ3v) is 8.24. The van der Waals surface area contributed by atoms with Crippen LogP contribution in [0.25, 0.3) is 0 Å². The van der Waals surface area contributed by atoms with Crippen molar-refractivity contribution in [2.24, 2.45) is 0 Å². The van der Waals surface area contributed by atoms with Gasteiger partial charge in [-0.25, -0.2) is 13.4 Å². The van der Waals surface area contributed by atoms with Crippen LogP contribution in [0.4, 0.5) is 34.6 Å². The molecule has 1 aliphatic carbocycles. The van der Waals surface area contributed by atoms with E-state index >= 15 is 0 Å². The number of halogens is 1. The summed E-state index contributed by atoms with van der Waals surface area (Å²) in [5, 5.41) is 6.22. The highest BCUT2D eigenvalue weighted by Gasteiger charge is 2.36. The molecule has 0 spiro atoms. The first-order valence-corrected chi connectivity index (χ1v) is 13.8. The number of rotatable bonds is 9. The fourth-order valence-corrected chi connectivity index (χ4v) is 5.59. The predicted octanol–water partition coefficient (Wildman–Crippen LogP) is 4.92. The minimum Gasteiger partial charge on any atom is -0.479 e. The van der Waals surface area contributed by atoms with Crippen molar-refractivity contribution in [3.63, 3.8) is 0 Å². The maximum absolute atomic E-state index is 12.5. The lowest BCUT2D eigenvalue weighted by Gasteiger charge is -2.28. The third-order valence-electron chi connectivity index (χ3n) is 6.11. The number of hydrogen-bond donors (Lipinski definition) is 3. The summed E-state index contributed by atoms with van der Waals surface area (Å²) >= 11 is 6.36. The highest BCUT2D eigenvalue weighted by Crippen LogP contribution is 2.34. The standard InChI is InChI=1S/C24H28ClN7O3S/c1-35-23-20(11-12-21(29-23)32-13-5-2-6-14-32)28-24-26-15-17(25)22(30-24)27-18-7-3-4-8-19(18)31-36(33,34)16-9-10-16/h3-4,7-8,11-12,15-16,31H,2,5-6,9-10,13-14H2,1H3,(H2,26,27,28,30). The van der Waals surface area contributed by atoms with Gasteiger partial charge in [0.25, 0.3) is 0 Å². The van der Waals surface area contributed by atoms with E-state index in [1.165, 1.54) is 12.6 Å². The Bertz CT molecular complexity index is 1350. The van der Waals surface area contributed by atoms with E-state index in [1.807, 2.05) is 12.1 Å². The molecule has 5 rings (SSSR count). The number of pyridine rings is 1. The molecule has 0 radical (unpaired) electrons. The summed E-state index contributed by atoms with van der Waals surface area (Å²) in [6, 6.07) is 10.8. The lowest BCUT2D eigenvalue weighted by molar-refractivity contribution is 0.399. The first-order valence-electron chi connectivity index (χ1n) is 11.9. The molecule has 3 N–H and O–H groups in total. The Labute approximate surface area is 215 Å². The lowest BCUT2D eigenvalue weighted by atomic mass is 10.1. The second-order valence-corrected chi connectivity index (χ2v) is 11.2. The Hall–Kier alpha value is -3.31. The fraction of sp³-hybridized carbons (Fsp3) is 0.375. The normalized spacial score (nSPS) is 15.9. The molecular weight excluding hydrogens is 502 g/mol. The Morgan fingerprint density at radius 1 is 0.972 bits per heavy atom. The minimum absolute atomic E-state index is 0.281. The molecule has 1 saturated carbocycles. The number of nitrogens with zero attached hydrogens (tertiary/aromatic N) is 4. The molecule has 3 heterocycles. The molecule has 10 nitrogen and oxygen atoms in total. The second-order valence-electron chi connectivity index (χ2n) is 8.81. The number of para-hydroxylation sites is 2. The summed E-state index contributed by atoms with van der Waals surface area (Å²) < 4.78 is 33.1. The molecule has 0 unspecified atom stereocenters. The zero-order valence-electron chi connectivity index (χ0n) is 19.9. The molecule has 2 aliphatic rings. The molecule has 1 saturated heterocycles. The molecule has 0 amide bonds. The SMILES string of the molecule is COc1nc(N2CCCCC2)ccc1Nc1ncc(Cl)c(Nc2ccccc2NS(=O)(=O)C2CC2)n1.